The number of hydrogen-bond acceptors (Lipinski definition) is 4. The van der Waals surface area contributed by atoms with E-state index in [2.05, 4.69) is 5.32 Å². The summed E-state index contributed by atoms with van der Waals surface area (Å²) in [5.74, 6) is -0.903. The number of amides is 1. The normalized spacial score (nSPS) is 25.2. The minimum Gasteiger partial charge on any atom is -0.465 e. The van der Waals surface area contributed by atoms with Crippen LogP contribution in [0.25, 0.3) is 0 Å². The molecule has 14 heavy (non-hydrogen) atoms. The van der Waals surface area contributed by atoms with Gasteiger partial charge in [0.05, 0.1) is 12.5 Å². The summed E-state index contributed by atoms with van der Waals surface area (Å²) < 4.78 is 4.80. The van der Waals surface area contributed by atoms with Gasteiger partial charge in [0, 0.05) is 6.54 Å². The summed E-state index contributed by atoms with van der Waals surface area (Å²) in [7, 11) is 0. The van der Waals surface area contributed by atoms with E-state index in [4.69, 9.17) is 10.5 Å². The number of halogens is 1. The van der Waals surface area contributed by atoms with E-state index in [1.807, 2.05) is 0 Å². The van der Waals surface area contributed by atoms with Gasteiger partial charge in [-0.1, -0.05) is 0 Å². The van der Waals surface area contributed by atoms with E-state index in [1.54, 1.807) is 6.92 Å². The first-order valence-electron chi connectivity index (χ1n) is 4.34. The molecule has 1 saturated heterocycles. The Morgan fingerprint density at radius 3 is 2.64 bits per heavy atom. The van der Waals surface area contributed by atoms with E-state index in [0.717, 1.165) is 0 Å². The Morgan fingerprint density at radius 1 is 1.57 bits per heavy atom. The maximum Gasteiger partial charge on any atom is 0.323 e. The highest BCUT2D eigenvalue weighted by Crippen LogP contribution is 2.14. The lowest BCUT2D eigenvalue weighted by Crippen LogP contribution is -2.32. The maximum absolute atomic E-state index is 11.2. The van der Waals surface area contributed by atoms with Crippen molar-refractivity contribution in [2.75, 3.05) is 13.2 Å². The summed E-state index contributed by atoms with van der Waals surface area (Å²) in [6.07, 6.45) is 0.453. The number of hydrogen-bond donors (Lipinski definition) is 2. The molecule has 2 atom stereocenters. The minimum atomic E-state index is -0.363. The van der Waals surface area contributed by atoms with Crippen LogP contribution in [-0.4, -0.2) is 31.1 Å². The monoisotopic (exact) mass is 222 g/mol. The van der Waals surface area contributed by atoms with Crippen LogP contribution < -0.4 is 11.1 Å². The molecular formula is C8H15ClN2O3. The second kappa shape index (κ2) is 5.82. The molecule has 6 heteroatoms. The smallest absolute Gasteiger partial charge is 0.323 e. The fourth-order valence-corrected chi connectivity index (χ4v) is 1.37. The molecule has 0 aromatic heterocycles. The zero-order valence-electron chi connectivity index (χ0n) is 7.99. The highest BCUT2D eigenvalue weighted by molar-refractivity contribution is 5.85. The second-order valence-corrected chi connectivity index (χ2v) is 3.05. The first kappa shape index (κ1) is 13.2. The number of nitrogens with one attached hydrogen (secondary N) is 1. The molecule has 0 spiro atoms. The van der Waals surface area contributed by atoms with Gasteiger partial charge in [-0.3, -0.25) is 9.59 Å². The lowest BCUT2D eigenvalue weighted by Gasteiger charge is -2.07. The van der Waals surface area contributed by atoms with Gasteiger partial charge in [-0.2, -0.15) is 0 Å². The van der Waals surface area contributed by atoms with Crippen LogP contribution in [0.2, 0.25) is 0 Å². The number of nitrogens with two attached hydrogens (primary N) is 1. The third kappa shape index (κ3) is 3.16. The quantitative estimate of drug-likeness (QED) is 0.627. The molecule has 3 N–H and O–H groups in total. The number of primary amides is 1. The Morgan fingerprint density at radius 2 is 2.21 bits per heavy atom. The Balaban J connectivity index is 0.00000169. The first-order chi connectivity index (χ1) is 6.15. The van der Waals surface area contributed by atoms with Gasteiger partial charge in [0.2, 0.25) is 5.91 Å². The van der Waals surface area contributed by atoms with Crippen molar-refractivity contribution in [3.63, 3.8) is 0 Å². The summed E-state index contributed by atoms with van der Waals surface area (Å²) in [6, 6.07) is -0.363. The molecule has 5 nitrogen and oxygen atoms in total. The molecule has 82 valence electrons. The molecular weight excluding hydrogens is 208 g/mol. The van der Waals surface area contributed by atoms with Crippen LogP contribution in [0.1, 0.15) is 13.3 Å². The molecule has 0 saturated carbocycles. The topological polar surface area (TPSA) is 81.4 Å². The lowest BCUT2D eigenvalue weighted by atomic mass is 10.1. The van der Waals surface area contributed by atoms with E-state index in [9.17, 15) is 9.59 Å². The number of carbonyl (C=O) groups is 2. The molecule has 0 aromatic rings. The summed E-state index contributed by atoms with van der Waals surface area (Å²) >= 11 is 0. The Bertz CT molecular complexity index is 223. The van der Waals surface area contributed by atoms with Crippen molar-refractivity contribution < 1.29 is 14.3 Å². The van der Waals surface area contributed by atoms with Gasteiger partial charge in [0.1, 0.15) is 6.04 Å². The molecule has 0 radical (unpaired) electrons. The van der Waals surface area contributed by atoms with Crippen molar-refractivity contribution in [3.05, 3.63) is 0 Å². The Labute approximate surface area is 88.8 Å². The summed E-state index contributed by atoms with van der Waals surface area (Å²) in [5, 5.41) is 2.90. The maximum atomic E-state index is 11.2. The van der Waals surface area contributed by atoms with Crippen LogP contribution in [0, 0.1) is 5.92 Å². The van der Waals surface area contributed by atoms with Crippen LogP contribution >= 0.6 is 12.4 Å². The standard InChI is InChI=1S/C8H14N2O3.ClH/c1-2-13-8(12)6-3-5(4-10-6)7(9)11;/h5-6,10H,2-4H2,1H3,(H2,9,11);1H/t5-,6+;/m1./s1. The molecule has 1 amide bonds. The lowest BCUT2D eigenvalue weighted by molar-refractivity contribution is -0.145. The van der Waals surface area contributed by atoms with E-state index >= 15 is 0 Å². The predicted molar refractivity (Wildman–Crippen MR) is 53.0 cm³/mol. The first-order valence-corrected chi connectivity index (χ1v) is 4.34. The average Bonchev–Trinajstić information content (AvgIpc) is 2.52. The molecule has 1 aliphatic rings. The third-order valence-corrected chi connectivity index (χ3v) is 2.10. The fourth-order valence-electron chi connectivity index (χ4n) is 1.37. The molecule has 0 bridgehead atoms. The summed E-state index contributed by atoms with van der Waals surface area (Å²) in [4.78, 5) is 21.9. The van der Waals surface area contributed by atoms with E-state index in [-0.39, 0.29) is 36.2 Å². The van der Waals surface area contributed by atoms with Crippen LogP contribution in [0.5, 0.6) is 0 Å². The highest BCUT2D eigenvalue weighted by Gasteiger charge is 2.33. The van der Waals surface area contributed by atoms with Gasteiger partial charge in [-0.15, -0.1) is 12.4 Å². The highest BCUT2D eigenvalue weighted by atomic mass is 35.5. The minimum absolute atomic E-state index is 0. The van der Waals surface area contributed by atoms with Crippen molar-refractivity contribution in [1.82, 2.24) is 5.32 Å². The van der Waals surface area contributed by atoms with Crippen LogP contribution in [0.3, 0.4) is 0 Å². The van der Waals surface area contributed by atoms with Gasteiger partial charge < -0.3 is 15.8 Å². The van der Waals surface area contributed by atoms with Crippen LogP contribution in [-0.2, 0) is 14.3 Å². The molecule has 1 rings (SSSR count). The van der Waals surface area contributed by atoms with Gasteiger partial charge in [-0.05, 0) is 13.3 Å². The molecule has 1 fully saturated rings. The van der Waals surface area contributed by atoms with E-state index in [0.29, 0.717) is 19.6 Å². The van der Waals surface area contributed by atoms with E-state index in [1.165, 1.54) is 0 Å². The van der Waals surface area contributed by atoms with E-state index < -0.39 is 0 Å². The van der Waals surface area contributed by atoms with Gasteiger partial charge in [0.25, 0.3) is 0 Å². The largest absolute Gasteiger partial charge is 0.465 e. The predicted octanol–water partition coefficient (Wildman–Crippen LogP) is -0.565. The zero-order chi connectivity index (χ0) is 9.84. The number of rotatable bonds is 3. The molecule has 0 aliphatic carbocycles. The van der Waals surface area contributed by atoms with Crippen molar-refractivity contribution in [2.45, 2.75) is 19.4 Å². The van der Waals surface area contributed by atoms with Crippen molar-refractivity contribution >= 4 is 24.3 Å². The summed E-state index contributed by atoms with van der Waals surface area (Å²) in [5.41, 5.74) is 5.10. The number of esters is 1. The number of carbonyl (C=O) groups excluding carboxylic acids is 2. The number of ether oxygens (including phenoxy) is 1. The van der Waals surface area contributed by atoms with Crippen LogP contribution in [0.4, 0.5) is 0 Å². The average molecular weight is 223 g/mol. The van der Waals surface area contributed by atoms with Gasteiger partial charge in [-0.25, -0.2) is 0 Å². The Kier molecular flexibility index (Phi) is 5.49. The summed E-state index contributed by atoms with van der Waals surface area (Å²) in [6.45, 7) is 2.58. The fraction of sp³-hybridized carbons (Fsp3) is 0.750. The molecule has 1 heterocycles. The van der Waals surface area contributed by atoms with Crippen molar-refractivity contribution in [3.8, 4) is 0 Å². The zero-order valence-corrected chi connectivity index (χ0v) is 8.80. The van der Waals surface area contributed by atoms with Crippen LogP contribution in [0.15, 0.2) is 0 Å². The van der Waals surface area contributed by atoms with Crippen molar-refractivity contribution in [2.24, 2.45) is 11.7 Å². The molecule has 0 unspecified atom stereocenters. The van der Waals surface area contributed by atoms with Gasteiger partial charge in [0.15, 0.2) is 0 Å². The molecule has 0 aromatic carbocycles. The SMILES string of the molecule is CCOC(=O)[C@@H]1C[C@@H](C(N)=O)CN1.Cl. The van der Waals surface area contributed by atoms with Gasteiger partial charge >= 0.3 is 5.97 Å². The second-order valence-electron chi connectivity index (χ2n) is 3.05. The van der Waals surface area contributed by atoms with Crippen molar-refractivity contribution in [1.29, 1.82) is 0 Å². The Hall–Kier alpha value is -0.810. The third-order valence-electron chi connectivity index (χ3n) is 2.10. The molecule has 1 aliphatic heterocycles.